The number of aromatic amines is 1. The maximum atomic E-state index is 13.6. The number of nitrogens with zero attached hydrogens (tertiary/aromatic N) is 2. The maximum Gasteiger partial charge on any atom is 0.254 e. The Morgan fingerprint density at radius 2 is 1.63 bits per heavy atom. The van der Waals surface area contributed by atoms with Crippen molar-refractivity contribution in [3.05, 3.63) is 101 Å². The second kappa shape index (κ2) is 7.38. The molecule has 1 unspecified atom stereocenters. The van der Waals surface area contributed by atoms with Gasteiger partial charge in [-0.1, -0.05) is 48.5 Å². The van der Waals surface area contributed by atoms with Crippen LogP contribution in [0.1, 0.15) is 33.2 Å². The van der Waals surface area contributed by atoms with Crippen LogP contribution >= 0.6 is 0 Å². The van der Waals surface area contributed by atoms with Crippen LogP contribution in [0.2, 0.25) is 0 Å². The van der Waals surface area contributed by atoms with Gasteiger partial charge in [0.2, 0.25) is 0 Å². The van der Waals surface area contributed by atoms with Crippen LogP contribution in [-0.4, -0.2) is 36.4 Å². The van der Waals surface area contributed by atoms with Gasteiger partial charge >= 0.3 is 0 Å². The van der Waals surface area contributed by atoms with Crippen molar-refractivity contribution in [3.63, 3.8) is 0 Å². The van der Waals surface area contributed by atoms with Gasteiger partial charge in [-0.25, -0.2) is 0 Å². The van der Waals surface area contributed by atoms with Gasteiger partial charge < -0.3 is 14.8 Å². The molecule has 1 N–H and O–H groups in total. The van der Waals surface area contributed by atoms with Crippen LogP contribution in [0, 0.1) is 0 Å². The molecule has 3 aromatic carbocycles. The number of anilines is 1. The third kappa shape index (κ3) is 3.05. The summed E-state index contributed by atoms with van der Waals surface area (Å²) in [5.74, 6) is 0.0680. The van der Waals surface area contributed by atoms with E-state index in [9.17, 15) is 4.79 Å². The molecule has 1 aromatic heterocycles. The SMILES string of the molecule is CN(C)c1ccc(C(=O)N2CCc3c([nH]c4ccccc34)C2c2ccccc2)cc1. The molecule has 1 aliphatic heterocycles. The number of rotatable bonds is 3. The van der Waals surface area contributed by atoms with Crippen molar-refractivity contribution in [2.24, 2.45) is 0 Å². The zero-order valence-corrected chi connectivity index (χ0v) is 17.3. The molecule has 5 rings (SSSR count). The first-order valence-electron chi connectivity index (χ1n) is 10.4. The maximum absolute atomic E-state index is 13.6. The third-order valence-corrected chi connectivity index (χ3v) is 6.04. The zero-order valence-electron chi connectivity index (χ0n) is 17.3. The molecule has 0 fully saturated rings. The Bertz CT molecular complexity index is 1190. The molecule has 4 heteroatoms. The average molecular weight is 396 g/mol. The van der Waals surface area contributed by atoms with Gasteiger partial charge in [-0.2, -0.15) is 0 Å². The molecule has 0 radical (unpaired) electrons. The minimum Gasteiger partial charge on any atom is -0.378 e. The molecule has 0 bridgehead atoms. The number of fused-ring (bicyclic) bond motifs is 3. The molecule has 0 spiro atoms. The van der Waals surface area contributed by atoms with E-state index in [-0.39, 0.29) is 11.9 Å². The van der Waals surface area contributed by atoms with Gasteiger partial charge in [0.1, 0.15) is 0 Å². The first-order valence-corrected chi connectivity index (χ1v) is 10.4. The van der Waals surface area contributed by atoms with E-state index in [2.05, 4.69) is 41.4 Å². The largest absolute Gasteiger partial charge is 0.378 e. The molecule has 150 valence electrons. The number of carbonyl (C=O) groups excluding carboxylic acids is 1. The number of amides is 1. The molecular weight excluding hydrogens is 370 g/mol. The average Bonchev–Trinajstić information content (AvgIpc) is 3.17. The van der Waals surface area contributed by atoms with Crippen molar-refractivity contribution in [2.45, 2.75) is 12.5 Å². The normalized spacial score (nSPS) is 15.8. The molecule has 30 heavy (non-hydrogen) atoms. The highest BCUT2D eigenvalue weighted by atomic mass is 16.2. The molecular formula is C26H25N3O. The molecule has 4 nitrogen and oxygen atoms in total. The smallest absolute Gasteiger partial charge is 0.254 e. The summed E-state index contributed by atoms with van der Waals surface area (Å²) in [7, 11) is 4.01. The van der Waals surface area contributed by atoms with Gasteiger partial charge in [-0.05, 0) is 47.9 Å². The first-order chi connectivity index (χ1) is 14.6. The number of carbonyl (C=O) groups is 1. The monoisotopic (exact) mass is 395 g/mol. The lowest BCUT2D eigenvalue weighted by atomic mass is 9.91. The zero-order chi connectivity index (χ0) is 20.7. The first kappa shape index (κ1) is 18.5. The number of para-hydroxylation sites is 1. The van der Waals surface area contributed by atoms with Crippen molar-refractivity contribution >= 4 is 22.5 Å². The summed E-state index contributed by atoms with van der Waals surface area (Å²) in [6.07, 6.45) is 0.851. The van der Waals surface area contributed by atoms with E-state index < -0.39 is 0 Å². The fourth-order valence-corrected chi connectivity index (χ4v) is 4.51. The van der Waals surface area contributed by atoms with Crippen LogP contribution in [0.25, 0.3) is 10.9 Å². The van der Waals surface area contributed by atoms with Crippen LogP contribution in [0.15, 0.2) is 78.9 Å². The standard InChI is InChI=1S/C26H25N3O/c1-28(2)20-14-12-19(13-15-20)26(30)29-17-16-22-21-10-6-7-11-23(21)27-24(22)25(29)18-8-4-3-5-9-18/h3-15,25,27H,16-17H2,1-2H3. The van der Waals surface area contributed by atoms with E-state index in [1.165, 1.54) is 10.9 Å². The van der Waals surface area contributed by atoms with Crippen molar-refractivity contribution in [3.8, 4) is 0 Å². The number of H-pyrrole nitrogens is 1. The summed E-state index contributed by atoms with van der Waals surface area (Å²) in [5, 5.41) is 1.26. The van der Waals surface area contributed by atoms with E-state index in [4.69, 9.17) is 0 Å². The third-order valence-electron chi connectivity index (χ3n) is 6.04. The minimum absolute atomic E-state index is 0.0680. The minimum atomic E-state index is -0.122. The van der Waals surface area contributed by atoms with Crippen molar-refractivity contribution < 1.29 is 4.79 Å². The van der Waals surface area contributed by atoms with E-state index >= 15 is 0 Å². The topological polar surface area (TPSA) is 39.3 Å². The second-order valence-corrected chi connectivity index (χ2v) is 8.07. The van der Waals surface area contributed by atoms with E-state index in [0.717, 1.165) is 34.4 Å². The van der Waals surface area contributed by atoms with Crippen LogP contribution < -0.4 is 4.90 Å². The molecule has 0 saturated heterocycles. The lowest BCUT2D eigenvalue weighted by molar-refractivity contribution is 0.0692. The van der Waals surface area contributed by atoms with Crippen molar-refractivity contribution in [2.75, 3.05) is 25.5 Å². The Morgan fingerprint density at radius 1 is 0.933 bits per heavy atom. The van der Waals surface area contributed by atoms with Gasteiger partial charge in [-0.3, -0.25) is 4.79 Å². The van der Waals surface area contributed by atoms with Crippen LogP contribution in [0.5, 0.6) is 0 Å². The Hall–Kier alpha value is -3.53. The molecule has 1 atom stereocenters. The molecule has 0 aliphatic carbocycles. The van der Waals surface area contributed by atoms with E-state index in [1.807, 2.05) is 66.4 Å². The fraction of sp³-hybridized carbons (Fsp3) is 0.192. The van der Waals surface area contributed by atoms with Crippen molar-refractivity contribution in [1.29, 1.82) is 0 Å². The Kier molecular flexibility index (Phi) is 4.55. The van der Waals surface area contributed by atoms with Gasteiger partial charge in [0.25, 0.3) is 5.91 Å². The Labute approximate surface area is 176 Å². The summed E-state index contributed by atoms with van der Waals surface area (Å²) in [5.41, 5.74) is 6.53. The van der Waals surface area contributed by atoms with Gasteiger partial charge in [0, 0.05) is 48.5 Å². The number of benzene rings is 3. The molecule has 1 aliphatic rings. The van der Waals surface area contributed by atoms with E-state index in [1.54, 1.807) is 0 Å². The van der Waals surface area contributed by atoms with Gasteiger partial charge in [0.05, 0.1) is 6.04 Å². The van der Waals surface area contributed by atoms with Crippen LogP contribution in [-0.2, 0) is 6.42 Å². The quantitative estimate of drug-likeness (QED) is 0.529. The summed E-state index contributed by atoms with van der Waals surface area (Å²) >= 11 is 0. The Morgan fingerprint density at radius 3 is 2.37 bits per heavy atom. The van der Waals surface area contributed by atoms with Crippen molar-refractivity contribution in [1.82, 2.24) is 9.88 Å². The van der Waals surface area contributed by atoms with E-state index in [0.29, 0.717) is 6.54 Å². The number of aromatic nitrogens is 1. The second-order valence-electron chi connectivity index (χ2n) is 8.07. The number of hydrogen-bond acceptors (Lipinski definition) is 2. The summed E-state index contributed by atoms with van der Waals surface area (Å²) in [6, 6.07) is 26.5. The lowest BCUT2D eigenvalue weighted by Crippen LogP contribution is -2.40. The molecule has 0 saturated carbocycles. The predicted octanol–water partition coefficient (Wildman–Crippen LogP) is 5.02. The van der Waals surface area contributed by atoms with Gasteiger partial charge in [-0.15, -0.1) is 0 Å². The summed E-state index contributed by atoms with van der Waals surface area (Å²) in [6.45, 7) is 0.697. The molecule has 4 aromatic rings. The highest BCUT2D eigenvalue weighted by molar-refractivity contribution is 5.96. The number of nitrogens with one attached hydrogen (secondary N) is 1. The number of hydrogen-bond donors (Lipinski definition) is 1. The van der Waals surface area contributed by atoms with Crippen LogP contribution in [0.4, 0.5) is 5.69 Å². The molecule has 1 amide bonds. The molecule has 2 heterocycles. The predicted molar refractivity (Wildman–Crippen MR) is 122 cm³/mol. The van der Waals surface area contributed by atoms with Gasteiger partial charge in [0.15, 0.2) is 0 Å². The van der Waals surface area contributed by atoms with Crippen LogP contribution in [0.3, 0.4) is 0 Å². The fourth-order valence-electron chi connectivity index (χ4n) is 4.51. The Balaban J connectivity index is 1.60. The highest BCUT2D eigenvalue weighted by Gasteiger charge is 2.34. The highest BCUT2D eigenvalue weighted by Crippen LogP contribution is 2.39. The lowest BCUT2D eigenvalue weighted by Gasteiger charge is -2.36. The summed E-state index contributed by atoms with van der Waals surface area (Å²) in [4.78, 5) is 21.3. The summed E-state index contributed by atoms with van der Waals surface area (Å²) < 4.78 is 0.